The van der Waals surface area contributed by atoms with Gasteiger partial charge in [0.2, 0.25) is 5.91 Å². The van der Waals surface area contributed by atoms with E-state index in [-0.39, 0.29) is 18.4 Å². The maximum Gasteiger partial charge on any atom is 0.227 e. The molecule has 1 amide bonds. The molecule has 164 valence electrons. The van der Waals surface area contributed by atoms with Gasteiger partial charge in [-0.2, -0.15) is 5.10 Å². The number of nitrogens with zero attached hydrogens (tertiary/aromatic N) is 3. The summed E-state index contributed by atoms with van der Waals surface area (Å²) in [4.78, 5) is 14.6. The lowest BCUT2D eigenvalue weighted by atomic mass is 10.1. The molecule has 9 heteroatoms. The summed E-state index contributed by atoms with van der Waals surface area (Å²) >= 11 is 6.11. The van der Waals surface area contributed by atoms with Crippen LogP contribution in [-0.4, -0.2) is 52.5 Å². The number of carbonyl (C=O) groups is 1. The molecule has 31 heavy (non-hydrogen) atoms. The van der Waals surface area contributed by atoms with Crippen LogP contribution in [0.2, 0.25) is 5.02 Å². The van der Waals surface area contributed by atoms with Gasteiger partial charge in [0.1, 0.15) is 17.6 Å². The van der Waals surface area contributed by atoms with Gasteiger partial charge in [-0.05, 0) is 32.0 Å². The molecule has 1 saturated heterocycles. The topological polar surface area (TPSA) is 93.5 Å². The number of nitrogens with one attached hydrogen (secondary N) is 1. The van der Waals surface area contributed by atoms with Gasteiger partial charge >= 0.3 is 0 Å². The minimum atomic E-state index is -0.267. The first kappa shape index (κ1) is 21.4. The van der Waals surface area contributed by atoms with Crippen LogP contribution in [0.25, 0.3) is 0 Å². The Labute approximate surface area is 185 Å². The van der Waals surface area contributed by atoms with E-state index in [1.807, 2.05) is 43.0 Å². The molecule has 3 aromatic rings. The van der Waals surface area contributed by atoms with Gasteiger partial charge in [0, 0.05) is 24.2 Å². The van der Waals surface area contributed by atoms with E-state index in [9.17, 15) is 4.79 Å². The average Bonchev–Trinajstić information content (AvgIpc) is 3.37. The number of aromatic amines is 1. The van der Waals surface area contributed by atoms with E-state index in [2.05, 4.69) is 15.4 Å². The number of halogens is 1. The van der Waals surface area contributed by atoms with Crippen molar-refractivity contribution in [1.82, 2.24) is 20.3 Å². The highest BCUT2D eigenvalue weighted by atomic mass is 35.5. The van der Waals surface area contributed by atoms with Crippen molar-refractivity contribution >= 4 is 17.5 Å². The predicted molar refractivity (Wildman–Crippen MR) is 114 cm³/mol. The zero-order valence-electron chi connectivity index (χ0n) is 17.6. The standard InChI is InChI=1S/C22H25ClN4O4/c1-14-17(15(2)31-26-14)12-22(28)27-8-10-30-21(13-27)19-11-16(24-25-19)7-9-29-20-6-4-3-5-18(20)23/h3-6,11,21H,7-10,12-13H2,1-2H3,(H,24,25)/t21-/m0/s1. The molecule has 1 aliphatic heterocycles. The van der Waals surface area contributed by atoms with Crippen LogP contribution in [0.5, 0.6) is 5.75 Å². The Morgan fingerprint density at radius 2 is 2.19 bits per heavy atom. The highest BCUT2D eigenvalue weighted by Gasteiger charge is 2.28. The van der Waals surface area contributed by atoms with E-state index in [0.717, 1.165) is 22.6 Å². The zero-order valence-corrected chi connectivity index (χ0v) is 18.3. The molecule has 8 nitrogen and oxygen atoms in total. The van der Waals surface area contributed by atoms with Crippen LogP contribution >= 0.6 is 11.6 Å². The highest BCUT2D eigenvalue weighted by Crippen LogP contribution is 2.24. The minimum absolute atomic E-state index is 0.0339. The number of amides is 1. The molecule has 1 aliphatic rings. The second-order valence-corrected chi connectivity index (χ2v) is 7.93. The number of ether oxygens (including phenoxy) is 2. The smallest absolute Gasteiger partial charge is 0.227 e. The normalized spacial score (nSPS) is 16.5. The average molecular weight is 445 g/mol. The van der Waals surface area contributed by atoms with Crippen molar-refractivity contribution in [3.05, 3.63) is 63.8 Å². The summed E-state index contributed by atoms with van der Waals surface area (Å²) in [5.41, 5.74) is 3.33. The molecule has 1 aromatic carbocycles. The van der Waals surface area contributed by atoms with Gasteiger partial charge in [0.25, 0.3) is 0 Å². The Balaban J connectivity index is 1.32. The molecule has 1 atom stereocenters. The number of carbonyl (C=O) groups excluding carboxylic acids is 1. The van der Waals surface area contributed by atoms with Crippen LogP contribution in [0.1, 0.15) is 34.5 Å². The molecule has 3 heterocycles. The summed E-state index contributed by atoms with van der Waals surface area (Å²) in [6.07, 6.45) is 0.662. The quantitative estimate of drug-likeness (QED) is 0.600. The minimum Gasteiger partial charge on any atom is -0.492 e. The zero-order chi connectivity index (χ0) is 21.8. The van der Waals surface area contributed by atoms with Crippen molar-refractivity contribution in [2.24, 2.45) is 0 Å². The molecular weight excluding hydrogens is 420 g/mol. The number of morpholine rings is 1. The van der Waals surface area contributed by atoms with E-state index in [4.69, 9.17) is 25.6 Å². The van der Waals surface area contributed by atoms with E-state index in [0.29, 0.717) is 49.3 Å². The number of H-pyrrole nitrogens is 1. The van der Waals surface area contributed by atoms with Gasteiger partial charge in [-0.25, -0.2) is 0 Å². The summed E-state index contributed by atoms with van der Waals surface area (Å²) in [5.74, 6) is 1.38. The molecule has 4 rings (SSSR count). The lowest BCUT2D eigenvalue weighted by molar-refractivity contribution is -0.138. The summed E-state index contributed by atoms with van der Waals surface area (Å²) in [6, 6.07) is 9.34. The number of aryl methyl sites for hydroxylation is 2. The predicted octanol–water partition coefficient (Wildman–Crippen LogP) is 3.43. The first-order valence-electron chi connectivity index (χ1n) is 10.2. The Kier molecular flexibility index (Phi) is 6.58. The second-order valence-electron chi connectivity index (χ2n) is 7.53. The van der Waals surface area contributed by atoms with Crippen molar-refractivity contribution < 1.29 is 18.8 Å². The first-order chi connectivity index (χ1) is 15.0. The summed E-state index contributed by atoms with van der Waals surface area (Å²) in [5, 5.41) is 11.9. The van der Waals surface area contributed by atoms with E-state index < -0.39 is 0 Å². The SMILES string of the molecule is Cc1noc(C)c1CC(=O)N1CCO[C@H](c2cc(CCOc3ccccc3Cl)[nH]n2)C1. The summed E-state index contributed by atoms with van der Waals surface area (Å²) in [6.45, 7) is 5.63. The van der Waals surface area contributed by atoms with Crippen LogP contribution in [0, 0.1) is 13.8 Å². The molecule has 1 fully saturated rings. The second kappa shape index (κ2) is 9.53. The Morgan fingerprint density at radius 1 is 1.35 bits per heavy atom. The highest BCUT2D eigenvalue weighted by molar-refractivity contribution is 6.32. The molecule has 1 N–H and O–H groups in total. The number of hydrogen-bond donors (Lipinski definition) is 1. The first-order valence-corrected chi connectivity index (χ1v) is 10.6. The maximum atomic E-state index is 12.8. The third-order valence-corrected chi connectivity index (χ3v) is 5.69. The van der Waals surface area contributed by atoms with E-state index in [1.165, 1.54) is 0 Å². The van der Waals surface area contributed by atoms with Crippen molar-refractivity contribution in [3.8, 4) is 5.75 Å². The molecule has 0 saturated carbocycles. The van der Waals surface area contributed by atoms with E-state index in [1.54, 1.807) is 6.07 Å². The van der Waals surface area contributed by atoms with Crippen molar-refractivity contribution in [2.75, 3.05) is 26.3 Å². The fourth-order valence-corrected chi connectivity index (χ4v) is 3.77. The van der Waals surface area contributed by atoms with Gasteiger partial charge in [0.15, 0.2) is 0 Å². The summed E-state index contributed by atoms with van der Waals surface area (Å²) in [7, 11) is 0. The lowest BCUT2D eigenvalue weighted by Gasteiger charge is -2.32. The number of rotatable bonds is 7. The van der Waals surface area contributed by atoms with Gasteiger partial charge < -0.3 is 18.9 Å². The molecule has 0 radical (unpaired) electrons. The monoisotopic (exact) mass is 444 g/mol. The Morgan fingerprint density at radius 3 is 2.97 bits per heavy atom. The number of benzene rings is 1. The Hall–Kier alpha value is -2.84. The Bertz CT molecular complexity index is 1030. The summed E-state index contributed by atoms with van der Waals surface area (Å²) < 4.78 is 16.8. The van der Waals surface area contributed by atoms with E-state index >= 15 is 0 Å². The molecular formula is C22H25ClN4O4. The molecule has 0 aliphatic carbocycles. The largest absolute Gasteiger partial charge is 0.492 e. The number of hydrogen-bond acceptors (Lipinski definition) is 6. The number of aromatic nitrogens is 3. The molecule has 0 bridgehead atoms. The lowest BCUT2D eigenvalue weighted by Crippen LogP contribution is -2.43. The van der Waals surface area contributed by atoms with Gasteiger partial charge in [-0.3, -0.25) is 9.89 Å². The van der Waals surface area contributed by atoms with Gasteiger partial charge in [0.05, 0.1) is 42.6 Å². The third kappa shape index (κ3) is 5.08. The molecule has 2 aromatic heterocycles. The fraction of sp³-hybridized carbons (Fsp3) is 0.409. The van der Waals surface area contributed by atoms with Crippen LogP contribution < -0.4 is 4.74 Å². The van der Waals surface area contributed by atoms with Crippen molar-refractivity contribution in [2.45, 2.75) is 32.8 Å². The van der Waals surface area contributed by atoms with Crippen molar-refractivity contribution in [3.63, 3.8) is 0 Å². The van der Waals surface area contributed by atoms with Gasteiger partial charge in [-0.15, -0.1) is 0 Å². The number of para-hydroxylation sites is 1. The van der Waals surface area contributed by atoms with Crippen LogP contribution in [-0.2, 0) is 22.4 Å². The van der Waals surface area contributed by atoms with Crippen LogP contribution in [0.15, 0.2) is 34.9 Å². The van der Waals surface area contributed by atoms with Gasteiger partial charge in [-0.1, -0.05) is 28.9 Å². The van der Waals surface area contributed by atoms with Crippen molar-refractivity contribution in [1.29, 1.82) is 0 Å². The third-order valence-electron chi connectivity index (χ3n) is 5.37. The van der Waals surface area contributed by atoms with Crippen LogP contribution in [0.3, 0.4) is 0 Å². The fourth-order valence-electron chi connectivity index (χ4n) is 3.58. The van der Waals surface area contributed by atoms with Crippen LogP contribution in [0.4, 0.5) is 0 Å². The molecule has 0 spiro atoms. The molecule has 0 unspecified atom stereocenters. The maximum absolute atomic E-state index is 12.8.